The molecule has 0 bridgehead atoms. The zero-order chi connectivity index (χ0) is 10.7. The summed E-state index contributed by atoms with van der Waals surface area (Å²) in [6, 6.07) is 0.354. The Morgan fingerprint density at radius 3 is 2.93 bits per heavy atom. The van der Waals surface area contributed by atoms with Gasteiger partial charge in [-0.2, -0.15) is 4.98 Å². The maximum atomic E-state index is 5.73. The molecule has 0 atom stereocenters. The van der Waals surface area contributed by atoms with Crippen molar-refractivity contribution >= 4 is 23.1 Å². The lowest BCUT2D eigenvalue weighted by Gasteiger charge is -2.24. The molecule has 1 saturated heterocycles. The van der Waals surface area contributed by atoms with Gasteiger partial charge in [-0.15, -0.1) is 0 Å². The average molecular weight is 229 g/mol. The summed E-state index contributed by atoms with van der Waals surface area (Å²) in [5, 5.41) is 3.46. The predicted molar refractivity (Wildman–Crippen MR) is 58.9 cm³/mol. The SMILES string of the molecule is Nc1cnc(Cl)nc1NC1CCOCC1. The molecule has 2 heterocycles. The fraction of sp³-hybridized carbons (Fsp3) is 0.556. The van der Waals surface area contributed by atoms with Gasteiger partial charge in [0.1, 0.15) is 0 Å². The molecule has 0 spiro atoms. The zero-order valence-electron chi connectivity index (χ0n) is 8.24. The van der Waals surface area contributed by atoms with Crippen molar-refractivity contribution in [2.24, 2.45) is 0 Å². The van der Waals surface area contributed by atoms with Gasteiger partial charge in [-0.05, 0) is 24.4 Å². The summed E-state index contributed by atoms with van der Waals surface area (Å²) in [6.07, 6.45) is 3.43. The van der Waals surface area contributed by atoms with E-state index >= 15 is 0 Å². The van der Waals surface area contributed by atoms with Crippen LogP contribution in [0.4, 0.5) is 11.5 Å². The molecule has 0 unspecified atom stereocenters. The van der Waals surface area contributed by atoms with Gasteiger partial charge in [-0.25, -0.2) is 4.98 Å². The molecular weight excluding hydrogens is 216 g/mol. The molecule has 2 rings (SSSR count). The molecule has 1 aliphatic heterocycles. The van der Waals surface area contributed by atoms with Gasteiger partial charge < -0.3 is 15.8 Å². The molecule has 6 heteroatoms. The molecule has 15 heavy (non-hydrogen) atoms. The minimum absolute atomic E-state index is 0.207. The Hall–Kier alpha value is -1.07. The quantitative estimate of drug-likeness (QED) is 0.747. The van der Waals surface area contributed by atoms with Gasteiger partial charge in [0, 0.05) is 19.3 Å². The molecule has 3 N–H and O–H groups in total. The van der Waals surface area contributed by atoms with Gasteiger partial charge in [-0.1, -0.05) is 0 Å². The fourth-order valence-corrected chi connectivity index (χ4v) is 1.65. The van der Waals surface area contributed by atoms with E-state index in [9.17, 15) is 0 Å². The average Bonchev–Trinajstić information content (AvgIpc) is 2.25. The third-order valence-corrected chi connectivity index (χ3v) is 2.53. The number of nitrogens with one attached hydrogen (secondary N) is 1. The summed E-state index contributed by atoms with van der Waals surface area (Å²) >= 11 is 5.69. The summed E-state index contributed by atoms with van der Waals surface area (Å²) in [5.74, 6) is 0.613. The fourth-order valence-electron chi connectivity index (χ4n) is 1.52. The molecule has 0 amide bonds. The predicted octanol–water partition coefficient (Wildman–Crippen LogP) is 1.30. The Morgan fingerprint density at radius 2 is 2.20 bits per heavy atom. The largest absolute Gasteiger partial charge is 0.394 e. The zero-order valence-corrected chi connectivity index (χ0v) is 9.00. The molecule has 0 aliphatic carbocycles. The van der Waals surface area contributed by atoms with Crippen molar-refractivity contribution in [2.75, 3.05) is 24.3 Å². The van der Waals surface area contributed by atoms with Crippen LogP contribution in [0.3, 0.4) is 0 Å². The normalized spacial score (nSPS) is 17.7. The van der Waals surface area contributed by atoms with E-state index in [1.54, 1.807) is 0 Å². The Labute approximate surface area is 93.0 Å². The Bertz CT molecular complexity index is 341. The Balaban J connectivity index is 2.05. The Morgan fingerprint density at radius 1 is 1.47 bits per heavy atom. The highest BCUT2D eigenvalue weighted by Crippen LogP contribution is 2.19. The Kier molecular flexibility index (Phi) is 3.23. The van der Waals surface area contributed by atoms with Crippen molar-refractivity contribution in [3.63, 3.8) is 0 Å². The van der Waals surface area contributed by atoms with Crippen LogP contribution in [0.1, 0.15) is 12.8 Å². The topological polar surface area (TPSA) is 73.1 Å². The third-order valence-electron chi connectivity index (χ3n) is 2.35. The number of nitrogens with two attached hydrogens (primary N) is 1. The van der Waals surface area contributed by atoms with Gasteiger partial charge in [0.15, 0.2) is 5.82 Å². The van der Waals surface area contributed by atoms with Crippen LogP contribution in [0.5, 0.6) is 0 Å². The van der Waals surface area contributed by atoms with Crippen LogP contribution in [0.25, 0.3) is 0 Å². The number of hydrogen-bond donors (Lipinski definition) is 2. The number of anilines is 2. The summed E-state index contributed by atoms with van der Waals surface area (Å²) in [7, 11) is 0. The molecule has 1 fully saturated rings. The number of rotatable bonds is 2. The number of nitrogen functional groups attached to an aromatic ring is 1. The molecule has 5 nitrogen and oxygen atoms in total. The van der Waals surface area contributed by atoms with Crippen molar-refractivity contribution in [1.82, 2.24) is 9.97 Å². The molecule has 82 valence electrons. The first-order valence-corrected chi connectivity index (χ1v) is 5.26. The number of hydrogen-bond acceptors (Lipinski definition) is 5. The van der Waals surface area contributed by atoms with Crippen LogP contribution >= 0.6 is 11.6 Å². The molecule has 1 aromatic heterocycles. The smallest absolute Gasteiger partial charge is 0.224 e. The lowest BCUT2D eigenvalue weighted by Crippen LogP contribution is -2.28. The van der Waals surface area contributed by atoms with Crippen molar-refractivity contribution in [2.45, 2.75) is 18.9 Å². The first-order chi connectivity index (χ1) is 7.25. The summed E-state index contributed by atoms with van der Waals surface area (Å²) < 4.78 is 5.26. The van der Waals surface area contributed by atoms with Crippen LogP contribution in [-0.4, -0.2) is 29.2 Å². The van der Waals surface area contributed by atoms with Crippen molar-refractivity contribution < 1.29 is 4.74 Å². The summed E-state index contributed by atoms with van der Waals surface area (Å²) in [6.45, 7) is 1.55. The molecule has 0 aromatic carbocycles. The van der Waals surface area contributed by atoms with E-state index < -0.39 is 0 Å². The number of nitrogens with zero attached hydrogens (tertiary/aromatic N) is 2. The van der Waals surface area contributed by atoms with Crippen molar-refractivity contribution in [1.29, 1.82) is 0 Å². The number of halogens is 1. The van der Waals surface area contributed by atoms with Crippen LogP contribution in [0.15, 0.2) is 6.20 Å². The second kappa shape index (κ2) is 4.63. The van der Waals surface area contributed by atoms with E-state index in [0.717, 1.165) is 26.1 Å². The van der Waals surface area contributed by atoms with E-state index in [2.05, 4.69) is 15.3 Å². The van der Waals surface area contributed by atoms with Gasteiger partial charge >= 0.3 is 0 Å². The highest BCUT2D eigenvalue weighted by atomic mass is 35.5. The summed E-state index contributed by atoms with van der Waals surface area (Å²) in [5.41, 5.74) is 6.25. The van der Waals surface area contributed by atoms with Crippen molar-refractivity contribution in [3.05, 3.63) is 11.5 Å². The van der Waals surface area contributed by atoms with Crippen LogP contribution in [0.2, 0.25) is 5.28 Å². The number of ether oxygens (including phenoxy) is 1. The van der Waals surface area contributed by atoms with Gasteiger partial charge in [-0.3, -0.25) is 0 Å². The van der Waals surface area contributed by atoms with E-state index in [1.165, 1.54) is 6.20 Å². The lowest BCUT2D eigenvalue weighted by atomic mass is 10.1. The van der Waals surface area contributed by atoms with Crippen LogP contribution in [-0.2, 0) is 4.74 Å². The molecule has 0 saturated carbocycles. The highest BCUT2D eigenvalue weighted by molar-refractivity contribution is 6.28. The number of aromatic nitrogens is 2. The van der Waals surface area contributed by atoms with Gasteiger partial charge in [0.2, 0.25) is 5.28 Å². The van der Waals surface area contributed by atoms with Gasteiger partial charge in [0.05, 0.1) is 11.9 Å². The first-order valence-electron chi connectivity index (χ1n) is 4.88. The minimum atomic E-state index is 0.207. The van der Waals surface area contributed by atoms with E-state index in [-0.39, 0.29) is 5.28 Å². The monoisotopic (exact) mass is 228 g/mol. The second-order valence-corrected chi connectivity index (χ2v) is 3.81. The van der Waals surface area contributed by atoms with Gasteiger partial charge in [0.25, 0.3) is 0 Å². The molecule has 1 aromatic rings. The van der Waals surface area contributed by atoms with Crippen LogP contribution < -0.4 is 11.1 Å². The highest BCUT2D eigenvalue weighted by Gasteiger charge is 2.15. The maximum Gasteiger partial charge on any atom is 0.224 e. The first kappa shape index (κ1) is 10.4. The van der Waals surface area contributed by atoms with E-state index in [0.29, 0.717) is 17.5 Å². The molecule has 0 radical (unpaired) electrons. The second-order valence-electron chi connectivity index (χ2n) is 3.47. The minimum Gasteiger partial charge on any atom is -0.394 e. The van der Waals surface area contributed by atoms with Crippen molar-refractivity contribution in [3.8, 4) is 0 Å². The molecule has 1 aliphatic rings. The summed E-state index contributed by atoms with van der Waals surface area (Å²) in [4.78, 5) is 7.84. The standard InChI is InChI=1S/C9H13ClN4O/c10-9-12-5-7(11)8(14-9)13-6-1-3-15-4-2-6/h5-6H,1-4,11H2,(H,12,13,14). The lowest BCUT2D eigenvalue weighted by molar-refractivity contribution is 0.0904. The van der Waals surface area contributed by atoms with E-state index in [4.69, 9.17) is 22.1 Å². The van der Waals surface area contributed by atoms with E-state index in [1.807, 2.05) is 0 Å². The third kappa shape index (κ3) is 2.70. The molecular formula is C9H13ClN4O. The van der Waals surface area contributed by atoms with Crippen LogP contribution in [0, 0.1) is 0 Å². The maximum absolute atomic E-state index is 5.73.